The van der Waals surface area contributed by atoms with E-state index in [-0.39, 0.29) is 0 Å². The first-order chi connectivity index (χ1) is 19.2. The molecular weight excluding hydrogens is 496 g/mol. The first-order valence-corrected chi connectivity index (χ1v) is 18.6. The Balaban J connectivity index is 0. The Kier molecular flexibility index (Phi) is 42.0. The van der Waals surface area contributed by atoms with E-state index >= 15 is 0 Å². The van der Waals surface area contributed by atoms with Crippen molar-refractivity contribution in [3.8, 4) is 0 Å². The largest absolute Gasteiger partial charge is 0.481 e. The van der Waals surface area contributed by atoms with Crippen LogP contribution in [-0.2, 0) is 4.79 Å². The quantitative estimate of drug-likeness (QED) is 0.0623. The zero-order valence-corrected chi connectivity index (χ0v) is 28.0. The van der Waals surface area contributed by atoms with Gasteiger partial charge in [0.2, 0.25) is 0 Å². The summed E-state index contributed by atoms with van der Waals surface area (Å²) in [5.41, 5.74) is 0. The van der Waals surface area contributed by atoms with E-state index in [1.165, 1.54) is 186 Å². The number of carboxylic acids is 1. The van der Waals surface area contributed by atoms with E-state index in [0.717, 1.165) is 18.6 Å². The van der Waals surface area contributed by atoms with Crippen molar-refractivity contribution >= 4 is 18.6 Å². The predicted molar refractivity (Wildman–Crippen MR) is 181 cm³/mol. The molecule has 0 unspecified atom stereocenters. The fraction of sp³-hybridized carbons (Fsp3) is 0.972. The lowest BCUT2D eigenvalue weighted by molar-refractivity contribution is -0.137. The number of carbonyl (C=O) groups is 1. The van der Waals surface area contributed by atoms with Crippen LogP contribution in [-0.4, -0.2) is 16.8 Å². The van der Waals surface area contributed by atoms with Crippen molar-refractivity contribution in [1.29, 1.82) is 0 Å². The standard InChI is InChI=1S/C18H36O2.C18H38S/c1-2-3-4-5-6-7-8-9-10-11-12-13-14-15-16-17-18(19)20;1-2-3-4-5-6-7-8-9-10-11-12-13-14-15-16-17-18-19/h2-17H2,1H3,(H,19,20);19H,2-18H2,1H3. The lowest BCUT2D eigenvalue weighted by Crippen LogP contribution is -1.93. The van der Waals surface area contributed by atoms with Crippen LogP contribution < -0.4 is 0 Å². The summed E-state index contributed by atoms with van der Waals surface area (Å²) in [5.74, 6) is 0.415. The number of carboxylic acid groups (broad SMARTS) is 1. The minimum absolute atomic E-state index is 0.345. The zero-order valence-electron chi connectivity index (χ0n) is 27.1. The zero-order chi connectivity index (χ0) is 28.9. The highest BCUT2D eigenvalue weighted by atomic mass is 32.1. The minimum atomic E-state index is -0.653. The van der Waals surface area contributed by atoms with E-state index in [2.05, 4.69) is 26.5 Å². The van der Waals surface area contributed by atoms with Gasteiger partial charge in [-0.05, 0) is 18.6 Å². The van der Waals surface area contributed by atoms with E-state index in [0.29, 0.717) is 6.42 Å². The summed E-state index contributed by atoms with van der Waals surface area (Å²) in [6, 6.07) is 0. The first-order valence-electron chi connectivity index (χ1n) is 18.0. The monoisotopic (exact) mass is 571 g/mol. The smallest absolute Gasteiger partial charge is 0.303 e. The van der Waals surface area contributed by atoms with Crippen molar-refractivity contribution in [2.24, 2.45) is 0 Å². The Morgan fingerprint density at radius 2 is 0.590 bits per heavy atom. The van der Waals surface area contributed by atoms with Gasteiger partial charge in [0, 0.05) is 6.42 Å². The molecule has 0 aliphatic rings. The fourth-order valence-electron chi connectivity index (χ4n) is 5.31. The molecule has 0 spiro atoms. The highest BCUT2D eigenvalue weighted by Gasteiger charge is 1.97. The van der Waals surface area contributed by atoms with Gasteiger partial charge in [0.1, 0.15) is 0 Å². The van der Waals surface area contributed by atoms with E-state index in [9.17, 15) is 4.79 Å². The van der Waals surface area contributed by atoms with Crippen LogP contribution in [0.1, 0.15) is 219 Å². The summed E-state index contributed by atoms with van der Waals surface area (Å²) in [7, 11) is 0. The summed E-state index contributed by atoms with van der Waals surface area (Å²) < 4.78 is 0. The molecule has 2 nitrogen and oxygen atoms in total. The number of hydrogen-bond donors (Lipinski definition) is 2. The molecule has 0 radical (unpaired) electrons. The lowest BCUT2D eigenvalue weighted by atomic mass is 10.0. The van der Waals surface area contributed by atoms with Crippen LogP contribution >= 0.6 is 12.6 Å². The summed E-state index contributed by atoms with van der Waals surface area (Å²) in [6.07, 6.45) is 43.3. The number of thiol groups is 1. The van der Waals surface area contributed by atoms with Gasteiger partial charge in [0.05, 0.1) is 0 Å². The molecule has 0 atom stereocenters. The molecule has 0 bridgehead atoms. The van der Waals surface area contributed by atoms with Gasteiger partial charge in [-0.15, -0.1) is 0 Å². The van der Waals surface area contributed by atoms with Gasteiger partial charge in [-0.2, -0.15) is 12.6 Å². The molecule has 236 valence electrons. The maximum absolute atomic E-state index is 10.3. The summed E-state index contributed by atoms with van der Waals surface area (Å²) in [5, 5.41) is 8.52. The minimum Gasteiger partial charge on any atom is -0.481 e. The molecule has 0 aromatic heterocycles. The van der Waals surface area contributed by atoms with Gasteiger partial charge in [0.25, 0.3) is 0 Å². The van der Waals surface area contributed by atoms with Crippen LogP contribution in [0.5, 0.6) is 0 Å². The second-order valence-electron chi connectivity index (χ2n) is 12.1. The lowest BCUT2D eigenvalue weighted by Gasteiger charge is -2.03. The summed E-state index contributed by atoms with van der Waals surface area (Å²) in [6.45, 7) is 4.56. The van der Waals surface area contributed by atoms with Crippen molar-refractivity contribution in [1.82, 2.24) is 0 Å². The van der Waals surface area contributed by atoms with Crippen molar-refractivity contribution in [2.75, 3.05) is 5.75 Å². The van der Waals surface area contributed by atoms with Crippen LogP contribution in [0.4, 0.5) is 0 Å². The number of rotatable bonds is 32. The number of hydrogen-bond acceptors (Lipinski definition) is 2. The Morgan fingerprint density at radius 3 is 0.795 bits per heavy atom. The Labute approximate surface area is 253 Å². The van der Waals surface area contributed by atoms with Gasteiger partial charge in [-0.1, -0.05) is 200 Å². The van der Waals surface area contributed by atoms with E-state index in [1.54, 1.807) is 0 Å². The first kappa shape index (κ1) is 41.0. The Hall–Kier alpha value is -0.180. The normalized spacial score (nSPS) is 10.9. The maximum Gasteiger partial charge on any atom is 0.303 e. The molecule has 0 rings (SSSR count). The third-order valence-corrected chi connectivity index (χ3v) is 8.32. The van der Waals surface area contributed by atoms with Gasteiger partial charge in [-0.3, -0.25) is 4.79 Å². The second-order valence-corrected chi connectivity index (χ2v) is 12.6. The average Bonchev–Trinajstić information content (AvgIpc) is 2.93. The van der Waals surface area contributed by atoms with Crippen LogP contribution in [0.15, 0.2) is 0 Å². The molecule has 0 amide bonds. The third kappa shape index (κ3) is 45.1. The van der Waals surface area contributed by atoms with Crippen LogP contribution in [0.25, 0.3) is 0 Å². The molecule has 3 heteroatoms. The second kappa shape index (κ2) is 40.0. The predicted octanol–water partition coefficient (Wildman–Crippen LogP) is 13.5. The Morgan fingerprint density at radius 1 is 0.385 bits per heavy atom. The van der Waals surface area contributed by atoms with Gasteiger partial charge < -0.3 is 5.11 Å². The van der Waals surface area contributed by atoms with E-state index < -0.39 is 5.97 Å². The van der Waals surface area contributed by atoms with Crippen LogP contribution in [0.3, 0.4) is 0 Å². The topological polar surface area (TPSA) is 37.3 Å². The molecule has 39 heavy (non-hydrogen) atoms. The Bertz CT molecular complexity index is 410. The van der Waals surface area contributed by atoms with Gasteiger partial charge in [0.15, 0.2) is 0 Å². The van der Waals surface area contributed by atoms with E-state index in [4.69, 9.17) is 5.11 Å². The molecule has 0 saturated carbocycles. The highest BCUT2D eigenvalue weighted by Crippen LogP contribution is 2.15. The fourth-order valence-corrected chi connectivity index (χ4v) is 5.53. The number of aliphatic carboxylic acids is 1. The van der Waals surface area contributed by atoms with Crippen LogP contribution in [0.2, 0.25) is 0 Å². The molecule has 0 fully saturated rings. The van der Waals surface area contributed by atoms with Crippen molar-refractivity contribution in [3.05, 3.63) is 0 Å². The average molecular weight is 571 g/mol. The van der Waals surface area contributed by atoms with Gasteiger partial charge >= 0.3 is 5.97 Å². The molecule has 0 aromatic rings. The summed E-state index contributed by atoms with van der Waals surface area (Å²) >= 11 is 4.24. The van der Waals surface area contributed by atoms with Crippen LogP contribution in [0, 0.1) is 0 Å². The number of unbranched alkanes of at least 4 members (excludes halogenated alkanes) is 29. The van der Waals surface area contributed by atoms with E-state index in [1.807, 2.05) is 0 Å². The highest BCUT2D eigenvalue weighted by molar-refractivity contribution is 7.80. The van der Waals surface area contributed by atoms with Crippen molar-refractivity contribution < 1.29 is 9.90 Å². The summed E-state index contributed by atoms with van der Waals surface area (Å²) in [4.78, 5) is 10.3. The molecule has 0 saturated heterocycles. The molecule has 0 aliphatic heterocycles. The molecular formula is C36H74O2S. The van der Waals surface area contributed by atoms with Crippen molar-refractivity contribution in [3.63, 3.8) is 0 Å². The van der Waals surface area contributed by atoms with Crippen molar-refractivity contribution in [2.45, 2.75) is 219 Å². The molecule has 1 N–H and O–H groups in total. The maximum atomic E-state index is 10.3. The van der Waals surface area contributed by atoms with Gasteiger partial charge in [-0.25, -0.2) is 0 Å². The third-order valence-electron chi connectivity index (χ3n) is 8.01. The SMILES string of the molecule is CCCCCCCCCCCCCCCCCC(=O)O.CCCCCCCCCCCCCCCCCCS. The molecule has 0 heterocycles. The molecule has 0 aliphatic carbocycles. The molecule has 0 aromatic carbocycles.